The second-order valence-electron chi connectivity index (χ2n) is 10.3. The molecule has 4 aromatic heterocycles. The molecule has 1 saturated heterocycles. The largest absolute Gasteiger partial charge is 0.481 e. The molecule has 0 radical (unpaired) electrons. The van der Waals surface area contributed by atoms with E-state index in [1.165, 1.54) is 30.2 Å². The van der Waals surface area contributed by atoms with Crippen LogP contribution in [0.15, 0.2) is 18.6 Å². The van der Waals surface area contributed by atoms with E-state index in [4.69, 9.17) is 14.7 Å². The maximum Gasteiger partial charge on any atom is 0.226 e. The van der Waals surface area contributed by atoms with Crippen LogP contribution >= 0.6 is 11.3 Å². The number of aromatic nitrogens is 6. The monoisotopic (exact) mass is 568 g/mol. The average molecular weight is 569 g/mol. The Kier molecular flexibility index (Phi) is 6.98. The number of hydrogen-bond acceptors (Lipinski definition) is 11. The van der Waals surface area contributed by atoms with Crippen LogP contribution in [0.5, 0.6) is 5.88 Å². The van der Waals surface area contributed by atoms with Gasteiger partial charge in [0, 0.05) is 66.7 Å². The average Bonchev–Trinajstić information content (AvgIpc) is 3.51. The van der Waals surface area contributed by atoms with Crippen LogP contribution in [-0.4, -0.2) is 76.0 Å². The lowest BCUT2D eigenvalue weighted by molar-refractivity contribution is 0.209. The third-order valence-electron chi connectivity index (χ3n) is 7.37. The number of piperidine rings is 1. The van der Waals surface area contributed by atoms with Gasteiger partial charge in [0.2, 0.25) is 11.8 Å². The van der Waals surface area contributed by atoms with Crippen molar-refractivity contribution in [2.24, 2.45) is 0 Å². The van der Waals surface area contributed by atoms with Gasteiger partial charge in [0.15, 0.2) is 9.84 Å². The third kappa shape index (κ3) is 5.35. The molecule has 206 valence electrons. The first-order valence-corrected chi connectivity index (χ1v) is 16.0. The summed E-state index contributed by atoms with van der Waals surface area (Å²) in [6.07, 6.45) is 8.17. The molecule has 6 heterocycles. The van der Waals surface area contributed by atoms with Crippen LogP contribution in [0.4, 0.5) is 5.95 Å². The first-order valence-electron chi connectivity index (χ1n) is 13.1. The zero-order chi connectivity index (χ0) is 27.1. The van der Waals surface area contributed by atoms with Crippen molar-refractivity contribution in [3.8, 4) is 17.1 Å². The lowest BCUT2D eigenvalue weighted by atomic mass is 10.1. The Balaban J connectivity index is 1.46. The Hall–Kier alpha value is -3.16. The van der Waals surface area contributed by atoms with Crippen molar-refractivity contribution in [2.75, 3.05) is 37.9 Å². The van der Waals surface area contributed by atoms with Gasteiger partial charge in [0.05, 0.1) is 35.3 Å². The van der Waals surface area contributed by atoms with Crippen molar-refractivity contribution in [3.05, 3.63) is 40.4 Å². The molecule has 11 nitrogen and oxygen atoms in total. The highest BCUT2D eigenvalue weighted by Gasteiger charge is 2.25. The normalized spacial score (nSPS) is 16.5. The molecule has 39 heavy (non-hydrogen) atoms. The van der Waals surface area contributed by atoms with Crippen LogP contribution in [-0.2, 0) is 35.2 Å². The first kappa shape index (κ1) is 26.1. The van der Waals surface area contributed by atoms with Gasteiger partial charge in [-0.2, -0.15) is 0 Å². The summed E-state index contributed by atoms with van der Waals surface area (Å²) >= 11 is 1.68. The van der Waals surface area contributed by atoms with Crippen LogP contribution < -0.4 is 9.64 Å². The van der Waals surface area contributed by atoms with Crippen LogP contribution in [0.2, 0.25) is 0 Å². The van der Waals surface area contributed by atoms with Crippen LogP contribution in [0.25, 0.3) is 21.5 Å². The summed E-state index contributed by atoms with van der Waals surface area (Å²) in [5.41, 5.74) is 4.22. The molecular weight excluding hydrogens is 536 g/mol. The van der Waals surface area contributed by atoms with Crippen molar-refractivity contribution in [1.82, 2.24) is 34.6 Å². The molecular formula is C26H32N8O3S2. The van der Waals surface area contributed by atoms with Gasteiger partial charge in [-0.1, -0.05) is 0 Å². The topological polar surface area (TPSA) is 119 Å². The van der Waals surface area contributed by atoms with E-state index in [-0.39, 0.29) is 5.75 Å². The second kappa shape index (κ2) is 10.4. The summed E-state index contributed by atoms with van der Waals surface area (Å²) in [7, 11) is -1.78. The molecule has 2 aliphatic heterocycles. The molecule has 6 rings (SSSR count). The minimum atomic E-state index is -3.29. The SMILES string of the molecule is COc1ncc(-c2nc(N3CCCCC3)nc3c(CN4CCn5cnnc5C4)c(C)sc23)cc1CS(C)(=O)=O. The fourth-order valence-corrected chi connectivity index (χ4v) is 7.30. The predicted molar refractivity (Wildman–Crippen MR) is 151 cm³/mol. The lowest BCUT2D eigenvalue weighted by Crippen LogP contribution is -2.33. The summed E-state index contributed by atoms with van der Waals surface area (Å²) in [6.45, 7) is 7.26. The van der Waals surface area contributed by atoms with E-state index in [1.807, 2.05) is 6.07 Å². The quantitative estimate of drug-likeness (QED) is 0.329. The molecule has 0 saturated carbocycles. The molecule has 4 aromatic rings. The maximum absolute atomic E-state index is 12.2. The fraction of sp³-hybridized carbons (Fsp3) is 0.500. The number of thiophene rings is 1. The first-order chi connectivity index (χ1) is 18.8. The predicted octanol–water partition coefficient (Wildman–Crippen LogP) is 3.21. The number of sulfone groups is 1. The lowest BCUT2D eigenvalue weighted by Gasteiger charge is -2.28. The minimum absolute atomic E-state index is 0.154. The molecule has 0 aromatic carbocycles. The smallest absolute Gasteiger partial charge is 0.226 e. The Morgan fingerprint density at radius 2 is 1.92 bits per heavy atom. The van der Waals surface area contributed by atoms with Crippen molar-refractivity contribution >= 4 is 37.3 Å². The van der Waals surface area contributed by atoms with Gasteiger partial charge in [-0.3, -0.25) is 4.90 Å². The number of ether oxygens (including phenoxy) is 1. The Morgan fingerprint density at radius 1 is 1.10 bits per heavy atom. The Morgan fingerprint density at radius 3 is 2.69 bits per heavy atom. The highest BCUT2D eigenvalue weighted by atomic mass is 32.2. The van der Waals surface area contributed by atoms with Crippen molar-refractivity contribution < 1.29 is 13.2 Å². The minimum Gasteiger partial charge on any atom is -0.481 e. The Bertz CT molecular complexity index is 1630. The third-order valence-corrected chi connectivity index (χ3v) is 9.35. The van der Waals surface area contributed by atoms with E-state index >= 15 is 0 Å². The van der Waals surface area contributed by atoms with Gasteiger partial charge < -0.3 is 14.2 Å². The Labute approximate surface area is 231 Å². The van der Waals surface area contributed by atoms with E-state index in [0.29, 0.717) is 11.4 Å². The summed E-state index contributed by atoms with van der Waals surface area (Å²) in [6, 6.07) is 1.85. The van der Waals surface area contributed by atoms with Gasteiger partial charge in [-0.25, -0.2) is 23.4 Å². The van der Waals surface area contributed by atoms with Gasteiger partial charge in [-0.15, -0.1) is 21.5 Å². The summed E-state index contributed by atoms with van der Waals surface area (Å²) < 4.78 is 32.8. The molecule has 0 N–H and O–H groups in total. The number of aryl methyl sites for hydroxylation is 1. The molecule has 0 atom stereocenters. The van der Waals surface area contributed by atoms with E-state index in [1.54, 1.807) is 23.9 Å². The van der Waals surface area contributed by atoms with E-state index in [9.17, 15) is 8.42 Å². The molecule has 2 aliphatic rings. The summed E-state index contributed by atoms with van der Waals surface area (Å²) in [4.78, 5) is 20.5. The van der Waals surface area contributed by atoms with Gasteiger partial charge >= 0.3 is 0 Å². The van der Waals surface area contributed by atoms with Crippen LogP contribution in [0, 0.1) is 6.92 Å². The number of rotatable bonds is 7. The number of anilines is 1. The maximum atomic E-state index is 12.2. The number of pyridine rings is 1. The number of methoxy groups -OCH3 is 1. The molecule has 1 fully saturated rings. The number of hydrogen-bond donors (Lipinski definition) is 0. The van der Waals surface area contributed by atoms with Crippen molar-refractivity contribution in [2.45, 2.75) is 51.6 Å². The summed E-state index contributed by atoms with van der Waals surface area (Å²) in [5, 5.41) is 8.34. The standard InChI is InChI=1S/C26H32N8O3S2/c1-17-20(13-32-9-10-34-16-28-31-21(34)14-32)23-24(38-17)22(29-26(30-23)33-7-5-4-6-8-33)18-11-19(15-39(3,35)36)25(37-2)27-12-18/h11-12,16H,4-10,13-15H2,1-3H3. The van der Waals surface area contributed by atoms with Crippen molar-refractivity contribution in [3.63, 3.8) is 0 Å². The number of fused-ring (bicyclic) bond motifs is 2. The van der Waals surface area contributed by atoms with Crippen molar-refractivity contribution in [1.29, 1.82) is 0 Å². The highest BCUT2D eigenvalue weighted by molar-refractivity contribution is 7.89. The molecule has 0 amide bonds. The molecule has 0 bridgehead atoms. The van der Waals surface area contributed by atoms with E-state index in [2.05, 4.69) is 36.5 Å². The molecule has 13 heteroatoms. The zero-order valence-corrected chi connectivity index (χ0v) is 24.1. The molecule has 0 spiro atoms. The van der Waals surface area contributed by atoms with Gasteiger partial charge in [0.25, 0.3) is 0 Å². The van der Waals surface area contributed by atoms with E-state index in [0.717, 1.165) is 85.4 Å². The summed E-state index contributed by atoms with van der Waals surface area (Å²) in [5.74, 6) is 1.85. The molecule has 0 unspecified atom stereocenters. The zero-order valence-electron chi connectivity index (χ0n) is 22.4. The van der Waals surface area contributed by atoms with Crippen LogP contribution in [0.1, 0.15) is 41.1 Å². The van der Waals surface area contributed by atoms with Gasteiger partial charge in [0.1, 0.15) is 12.2 Å². The number of nitrogens with zero attached hydrogens (tertiary/aromatic N) is 8. The van der Waals surface area contributed by atoms with Crippen LogP contribution in [0.3, 0.4) is 0 Å². The van der Waals surface area contributed by atoms with Gasteiger partial charge in [-0.05, 0) is 32.3 Å². The fourth-order valence-electron chi connectivity index (χ4n) is 5.41. The second-order valence-corrected chi connectivity index (χ2v) is 13.7. The molecule has 0 aliphatic carbocycles. The van der Waals surface area contributed by atoms with E-state index < -0.39 is 9.84 Å². The highest BCUT2D eigenvalue weighted by Crippen LogP contribution is 2.39.